The van der Waals surface area contributed by atoms with E-state index in [9.17, 15) is 5.11 Å². The highest BCUT2D eigenvalue weighted by Crippen LogP contribution is 2.35. The summed E-state index contributed by atoms with van der Waals surface area (Å²) in [4.78, 5) is 2.48. The van der Waals surface area contributed by atoms with Crippen molar-refractivity contribution in [2.45, 2.75) is 51.0 Å². The van der Waals surface area contributed by atoms with Crippen LogP contribution in [0.1, 0.15) is 51.0 Å². The smallest absolute Gasteiger partial charge is 0.0944 e. The number of hydrogen-bond donors (Lipinski definition) is 1. The highest BCUT2D eigenvalue weighted by atomic mass is 79.9. The van der Waals surface area contributed by atoms with E-state index in [1.807, 2.05) is 0 Å². The Morgan fingerprint density at radius 1 is 1.08 bits per heavy atom. The van der Waals surface area contributed by atoms with Crippen LogP contribution in [0.3, 0.4) is 0 Å². The van der Waals surface area contributed by atoms with Gasteiger partial charge in [-0.15, -0.1) is 0 Å². The van der Waals surface area contributed by atoms with Crippen molar-refractivity contribution in [2.75, 3.05) is 24.6 Å². The quantitative estimate of drug-likeness (QED) is 0.836. The lowest BCUT2D eigenvalue weighted by atomic mass is 9.87. The van der Waals surface area contributed by atoms with Gasteiger partial charge in [-0.3, -0.25) is 4.68 Å². The van der Waals surface area contributed by atoms with Gasteiger partial charge in [0.1, 0.15) is 0 Å². The fourth-order valence-corrected chi connectivity index (χ4v) is 4.82. The Kier molecular flexibility index (Phi) is 4.81. The summed E-state index contributed by atoms with van der Waals surface area (Å²) in [6.07, 6.45) is 10.6. The van der Waals surface area contributed by atoms with Crippen LogP contribution in [0.15, 0.2) is 22.8 Å². The summed E-state index contributed by atoms with van der Waals surface area (Å²) >= 11 is 3.77. The third-order valence-corrected chi connectivity index (χ3v) is 6.37. The first-order chi connectivity index (χ1) is 11.7. The van der Waals surface area contributed by atoms with Gasteiger partial charge in [-0.05, 0) is 78.9 Å². The van der Waals surface area contributed by atoms with E-state index in [-0.39, 0.29) is 0 Å². The Morgan fingerprint density at radius 2 is 1.83 bits per heavy atom. The lowest BCUT2D eigenvalue weighted by Crippen LogP contribution is -2.29. The normalized spacial score (nSPS) is 25.3. The van der Waals surface area contributed by atoms with Gasteiger partial charge in [-0.1, -0.05) is 0 Å². The second-order valence-corrected chi connectivity index (χ2v) is 8.23. The number of hydrogen-bond acceptors (Lipinski definition) is 3. The predicted molar refractivity (Wildman–Crippen MR) is 102 cm³/mol. The first-order valence-electron chi connectivity index (χ1n) is 9.29. The molecule has 24 heavy (non-hydrogen) atoms. The zero-order valence-corrected chi connectivity index (χ0v) is 15.7. The molecule has 1 aliphatic heterocycles. The monoisotopic (exact) mass is 391 g/mol. The van der Waals surface area contributed by atoms with Crippen molar-refractivity contribution in [3.05, 3.63) is 22.8 Å². The number of nitrogens with zero attached hydrogens (tertiary/aromatic N) is 3. The van der Waals surface area contributed by atoms with Crippen molar-refractivity contribution >= 4 is 32.5 Å². The fourth-order valence-electron chi connectivity index (χ4n) is 4.21. The number of anilines is 1. The molecular formula is C19H26BrN3O. The summed E-state index contributed by atoms with van der Waals surface area (Å²) in [6.45, 7) is 2.63. The van der Waals surface area contributed by atoms with Crippen molar-refractivity contribution in [3.63, 3.8) is 0 Å². The highest BCUT2D eigenvalue weighted by molar-refractivity contribution is 9.10. The lowest BCUT2D eigenvalue weighted by molar-refractivity contribution is 0.165. The number of piperidine rings is 1. The molecule has 2 aliphatic rings. The van der Waals surface area contributed by atoms with Gasteiger partial charge < -0.3 is 10.0 Å². The topological polar surface area (TPSA) is 41.3 Å². The zero-order valence-electron chi connectivity index (χ0n) is 14.1. The molecule has 0 radical (unpaired) electrons. The lowest BCUT2D eigenvalue weighted by Gasteiger charge is -2.29. The Hall–Kier alpha value is -1.07. The molecular weight excluding hydrogens is 366 g/mol. The molecule has 2 aromatic rings. The molecule has 0 amide bonds. The van der Waals surface area contributed by atoms with E-state index >= 15 is 0 Å². The number of aliphatic hydroxyl groups excluding tert-OH is 1. The second-order valence-electron chi connectivity index (χ2n) is 7.38. The van der Waals surface area contributed by atoms with Crippen molar-refractivity contribution in [1.82, 2.24) is 9.78 Å². The number of aliphatic hydroxyl groups is 1. The van der Waals surface area contributed by atoms with Crippen LogP contribution in [0, 0.1) is 5.92 Å². The summed E-state index contributed by atoms with van der Waals surface area (Å²) in [5, 5.41) is 15.4. The minimum atomic E-state index is 0.333. The van der Waals surface area contributed by atoms with Crippen LogP contribution < -0.4 is 4.90 Å². The van der Waals surface area contributed by atoms with Crippen molar-refractivity contribution in [1.29, 1.82) is 0 Å². The van der Waals surface area contributed by atoms with Crippen LogP contribution in [0.5, 0.6) is 0 Å². The van der Waals surface area contributed by atoms with E-state index < -0.39 is 0 Å². The summed E-state index contributed by atoms with van der Waals surface area (Å²) < 4.78 is 3.35. The van der Waals surface area contributed by atoms with E-state index in [0.717, 1.165) is 44.3 Å². The maximum absolute atomic E-state index is 9.31. The van der Waals surface area contributed by atoms with Gasteiger partial charge >= 0.3 is 0 Å². The molecule has 1 saturated carbocycles. The molecule has 0 atom stereocenters. The molecule has 2 fully saturated rings. The van der Waals surface area contributed by atoms with E-state index in [4.69, 9.17) is 5.10 Å². The Balaban J connectivity index is 1.59. The molecule has 0 spiro atoms. The zero-order chi connectivity index (χ0) is 16.5. The standard InChI is InChI=1S/C19H26BrN3O/c20-17-10-15-12-23(16-6-4-14(13-24)5-7-16)21-18(15)11-19(17)22-8-2-1-3-9-22/h10-12,14,16,24H,1-9,13H2. The third-order valence-electron chi connectivity index (χ3n) is 5.74. The summed E-state index contributed by atoms with van der Waals surface area (Å²) in [5.41, 5.74) is 2.39. The minimum Gasteiger partial charge on any atom is -0.396 e. The Labute approximate surface area is 152 Å². The summed E-state index contributed by atoms with van der Waals surface area (Å²) in [5.74, 6) is 0.492. The van der Waals surface area contributed by atoms with Crippen LogP contribution in [-0.2, 0) is 0 Å². The minimum absolute atomic E-state index is 0.333. The number of halogens is 1. The van der Waals surface area contributed by atoms with Crippen LogP contribution >= 0.6 is 15.9 Å². The van der Waals surface area contributed by atoms with Gasteiger partial charge in [-0.2, -0.15) is 5.10 Å². The molecule has 1 aliphatic carbocycles. The molecule has 2 heterocycles. The van der Waals surface area contributed by atoms with Gasteiger partial charge in [0.25, 0.3) is 0 Å². The second kappa shape index (κ2) is 7.04. The molecule has 1 saturated heterocycles. The SMILES string of the molecule is OCC1CCC(n2cc3cc(Br)c(N4CCCCC4)cc3n2)CC1. The first-order valence-corrected chi connectivity index (χ1v) is 10.1. The van der Waals surface area contributed by atoms with E-state index in [0.29, 0.717) is 18.6 Å². The van der Waals surface area contributed by atoms with E-state index in [1.54, 1.807) is 0 Å². The van der Waals surface area contributed by atoms with Crippen LogP contribution in [-0.4, -0.2) is 34.6 Å². The highest BCUT2D eigenvalue weighted by Gasteiger charge is 2.23. The maximum Gasteiger partial charge on any atom is 0.0944 e. The number of aromatic nitrogens is 2. The molecule has 0 unspecified atom stereocenters. The van der Waals surface area contributed by atoms with Crippen molar-refractivity contribution in [3.8, 4) is 0 Å². The van der Waals surface area contributed by atoms with Crippen LogP contribution in [0.4, 0.5) is 5.69 Å². The molecule has 1 aromatic heterocycles. The van der Waals surface area contributed by atoms with E-state index in [2.05, 4.69) is 43.8 Å². The number of rotatable bonds is 3. The molecule has 130 valence electrons. The average Bonchev–Trinajstić information content (AvgIpc) is 3.04. The van der Waals surface area contributed by atoms with Gasteiger partial charge in [0, 0.05) is 35.8 Å². The van der Waals surface area contributed by atoms with Crippen molar-refractivity contribution in [2.24, 2.45) is 5.92 Å². The first kappa shape index (κ1) is 16.4. The molecule has 1 N–H and O–H groups in total. The average molecular weight is 392 g/mol. The number of benzene rings is 1. The third kappa shape index (κ3) is 3.21. The molecule has 5 heteroatoms. The summed E-state index contributed by atoms with van der Waals surface area (Å²) in [6, 6.07) is 4.96. The maximum atomic E-state index is 9.31. The van der Waals surface area contributed by atoms with Gasteiger partial charge in [0.15, 0.2) is 0 Å². The molecule has 0 bridgehead atoms. The van der Waals surface area contributed by atoms with Crippen LogP contribution in [0.25, 0.3) is 10.9 Å². The van der Waals surface area contributed by atoms with Crippen LogP contribution in [0.2, 0.25) is 0 Å². The predicted octanol–water partition coefficient (Wildman–Crippen LogP) is 4.51. The molecule has 1 aromatic carbocycles. The molecule has 4 nitrogen and oxygen atoms in total. The Morgan fingerprint density at radius 3 is 2.54 bits per heavy atom. The largest absolute Gasteiger partial charge is 0.396 e. The summed E-state index contributed by atoms with van der Waals surface area (Å²) in [7, 11) is 0. The molecule has 4 rings (SSSR count). The van der Waals surface area contributed by atoms with E-state index in [1.165, 1.54) is 34.8 Å². The van der Waals surface area contributed by atoms with Gasteiger partial charge in [-0.25, -0.2) is 0 Å². The van der Waals surface area contributed by atoms with Gasteiger partial charge in [0.05, 0.1) is 17.2 Å². The number of fused-ring (bicyclic) bond motifs is 1. The Bertz CT molecular complexity index is 700. The fraction of sp³-hybridized carbons (Fsp3) is 0.632. The van der Waals surface area contributed by atoms with Crippen molar-refractivity contribution < 1.29 is 5.11 Å². The van der Waals surface area contributed by atoms with Gasteiger partial charge in [0.2, 0.25) is 0 Å².